The highest BCUT2D eigenvalue weighted by molar-refractivity contribution is 6.10. The second-order valence-corrected chi connectivity index (χ2v) is 4.60. The molecule has 0 atom stereocenters. The molecule has 2 heterocycles. The summed E-state index contributed by atoms with van der Waals surface area (Å²) in [5, 5.41) is -6.28. The minimum absolute atomic E-state index is 1.37. The zero-order valence-electron chi connectivity index (χ0n) is 10.7. The van der Waals surface area contributed by atoms with E-state index < -0.39 is 67.5 Å². The average Bonchev–Trinajstić information content (AvgIpc) is 2.84. The van der Waals surface area contributed by atoms with E-state index in [9.17, 15) is 45.5 Å². The summed E-state index contributed by atoms with van der Waals surface area (Å²) in [5.74, 6) is 0. The highest BCUT2D eigenvalue weighted by Crippen LogP contribution is 2.45. The van der Waals surface area contributed by atoms with Crippen molar-refractivity contribution in [2.45, 2.75) is 12.4 Å². The summed E-state index contributed by atoms with van der Waals surface area (Å²) in [6.45, 7) is 0. The normalized spacial score (nSPS) is 13.2. The Kier molecular flexibility index (Phi) is 2.88. The van der Waals surface area contributed by atoms with Crippen molar-refractivity contribution < 1.29 is 35.2 Å². The summed E-state index contributed by atoms with van der Waals surface area (Å²) in [5.41, 5.74) is -12.7. The number of rotatable bonds is 0. The zero-order valence-corrected chi connectivity index (χ0v) is 10.7. The standard InChI is InChI=1S/C12F6O6/c13-11(14,15)5-3-1(7(19)23-9(3)21)2-4(6(5)12(16,17)18)10(22)24-8(2)20. The molecule has 0 aliphatic rings. The fraction of sp³-hybridized carbons (Fsp3) is 0.167. The van der Waals surface area contributed by atoms with E-state index in [-0.39, 0.29) is 0 Å². The van der Waals surface area contributed by atoms with Crippen LogP contribution in [0.2, 0.25) is 0 Å². The summed E-state index contributed by atoms with van der Waals surface area (Å²) < 4.78 is 86.8. The van der Waals surface area contributed by atoms with E-state index in [1.54, 1.807) is 0 Å². The van der Waals surface area contributed by atoms with Gasteiger partial charge in [0.05, 0.1) is 32.7 Å². The molecule has 0 amide bonds. The summed E-state index contributed by atoms with van der Waals surface area (Å²) in [4.78, 5) is 46.0. The lowest BCUT2D eigenvalue weighted by molar-refractivity contribution is -0.160. The lowest BCUT2D eigenvalue weighted by Crippen LogP contribution is -2.21. The monoisotopic (exact) mass is 354 g/mol. The quantitative estimate of drug-likeness (QED) is 0.569. The van der Waals surface area contributed by atoms with Crippen LogP contribution in [0.25, 0.3) is 21.5 Å². The van der Waals surface area contributed by atoms with E-state index >= 15 is 0 Å². The number of fused-ring (bicyclic) bond motifs is 3. The Hall–Kier alpha value is -2.92. The van der Waals surface area contributed by atoms with E-state index in [0.29, 0.717) is 0 Å². The Morgan fingerprint density at radius 3 is 1.00 bits per heavy atom. The number of furan rings is 2. The number of benzene rings is 1. The molecule has 0 aliphatic carbocycles. The molecule has 0 radical (unpaired) electrons. The summed E-state index contributed by atoms with van der Waals surface area (Å²) in [7, 11) is 0. The summed E-state index contributed by atoms with van der Waals surface area (Å²) >= 11 is 0. The molecule has 6 nitrogen and oxygen atoms in total. The maximum Gasteiger partial charge on any atom is 0.417 e. The second-order valence-electron chi connectivity index (χ2n) is 4.60. The lowest BCUT2D eigenvalue weighted by Gasteiger charge is -2.16. The van der Waals surface area contributed by atoms with Crippen molar-refractivity contribution in [3.8, 4) is 0 Å². The van der Waals surface area contributed by atoms with E-state index in [1.165, 1.54) is 0 Å². The van der Waals surface area contributed by atoms with Crippen LogP contribution in [0, 0.1) is 0 Å². The Labute approximate surface area is 123 Å². The highest BCUT2D eigenvalue weighted by atomic mass is 19.4. The summed E-state index contributed by atoms with van der Waals surface area (Å²) in [6.07, 6.45) is -11.6. The van der Waals surface area contributed by atoms with Crippen LogP contribution in [0.15, 0.2) is 28.0 Å². The molecule has 126 valence electrons. The van der Waals surface area contributed by atoms with Crippen molar-refractivity contribution in [3.63, 3.8) is 0 Å². The fourth-order valence-electron chi connectivity index (χ4n) is 2.51. The van der Waals surface area contributed by atoms with E-state index in [0.717, 1.165) is 0 Å². The van der Waals surface area contributed by atoms with Crippen molar-refractivity contribution in [2.24, 2.45) is 0 Å². The number of hydrogen-bond donors (Lipinski definition) is 0. The Bertz CT molecular complexity index is 1100. The third kappa shape index (κ3) is 1.91. The zero-order chi connectivity index (χ0) is 18.2. The van der Waals surface area contributed by atoms with Gasteiger partial charge in [0.25, 0.3) is 0 Å². The van der Waals surface area contributed by atoms with Gasteiger partial charge in [-0.1, -0.05) is 0 Å². The molecular weight excluding hydrogens is 354 g/mol. The van der Waals surface area contributed by atoms with Crippen LogP contribution in [0.1, 0.15) is 11.1 Å². The van der Waals surface area contributed by atoms with Crippen molar-refractivity contribution in [2.75, 3.05) is 0 Å². The number of alkyl halides is 6. The van der Waals surface area contributed by atoms with Gasteiger partial charge in [0.1, 0.15) is 0 Å². The van der Waals surface area contributed by atoms with Crippen molar-refractivity contribution in [1.82, 2.24) is 0 Å². The second kappa shape index (κ2) is 4.33. The predicted octanol–water partition coefficient (Wildman–Crippen LogP) is 1.53. The van der Waals surface area contributed by atoms with Gasteiger partial charge in [-0.25, -0.2) is 19.2 Å². The molecule has 12 heteroatoms. The lowest BCUT2D eigenvalue weighted by atomic mass is 9.95. The van der Waals surface area contributed by atoms with Crippen LogP contribution < -0.4 is 22.5 Å². The molecule has 0 N–H and O–H groups in total. The van der Waals surface area contributed by atoms with Gasteiger partial charge in [-0.2, -0.15) is 26.3 Å². The van der Waals surface area contributed by atoms with Gasteiger partial charge in [-0.3, -0.25) is 0 Å². The number of hydrogen-bond acceptors (Lipinski definition) is 6. The van der Waals surface area contributed by atoms with Crippen LogP contribution in [-0.2, 0) is 12.4 Å². The molecule has 3 aromatic rings. The third-order valence-electron chi connectivity index (χ3n) is 3.25. The molecule has 24 heavy (non-hydrogen) atoms. The van der Waals surface area contributed by atoms with Crippen molar-refractivity contribution >= 4 is 21.5 Å². The first-order valence-electron chi connectivity index (χ1n) is 5.77. The molecule has 0 spiro atoms. The SMILES string of the molecule is O=c1oc(=O)c2c1c(C(F)(F)F)c(C(F)(F)F)c1c(=O)oc(=O)c12. The van der Waals surface area contributed by atoms with Gasteiger partial charge in [-0.15, -0.1) is 0 Å². The smallest absolute Gasteiger partial charge is 0.386 e. The van der Waals surface area contributed by atoms with Gasteiger partial charge in [0, 0.05) is 0 Å². The van der Waals surface area contributed by atoms with Crippen LogP contribution in [-0.4, -0.2) is 0 Å². The van der Waals surface area contributed by atoms with E-state index in [4.69, 9.17) is 0 Å². The van der Waals surface area contributed by atoms with Crippen LogP contribution in [0.3, 0.4) is 0 Å². The first kappa shape index (κ1) is 16.0. The third-order valence-corrected chi connectivity index (χ3v) is 3.25. The van der Waals surface area contributed by atoms with Crippen LogP contribution in [0.5, 0.6) is 0 Å². The topological polar surface area (TPSA) is 94.6 Å². The van der Waals surface area contributed by atoms with Gasteiger partial charge < -0.3 is 8.83 Å². The molecule has 2 aromatic heterocycles. The van der Waals surface area contributed by atoms with Gasteiger partial charge in [0.15, 0.2) is 0 Å². The fourth-order valence-corrected chi connectivity index (χ4v) is 2.51. The Balaban J connectivity index is 2.93. The minimum atomic E-state index is -5.78. The van der Waals surface area contributed by atoms with Crippen molar-refractivity contribution in [3.05, 3.63) is 52.8 Å². The minimum Gasteiger partial charge on any atom is -0.386 e. The van der Waals surface area contributed by atoms with Gasteiger partial charge in [0.2, 0.25) is 0 Å². The summed E-state index contributed by atoms with van der Waals surface area (Å²) in [6, 6.07) is 0. The average molecular weight is 354 g/mol. The molecule has 0 fully saturated rings. The predicted molar refractivity (Wildman–Crippen MR) is 63.4 cm³/mol. The molecular formula is C12F6O6. The van der Waals surface area contributed by atoms with Gasteiger partial charge in [-0.05, 0) is 0 Å². The molecule has 0 bridgehead atoms. The molecule has 1 aromatic carbocycles. The maximum absolute atomic E-state index is 13.2. The first-order valence-corrected chi connectivity index (χ1v) is 5.77. The molecule has 0 aliphatic heterocycles. The highest BCUT2D eigenvalue weighted by Gasteiger charge is 2.49. The molecule has 0 saturated carbocycles. The van der Waals surface area contributed by atoms with Crippen LogP contribution in [0.4, 0.5) is 26.3 Å². The Morgan fingerprint density at radius 1 is 0.500 bits per heavy atom. The first-order chi connectivity index (χ1) is 10.9. The molecule has 3 rings (SSSR count). The van der Waals surface area contributed by atoms with E-state index in [1.807, 2.05) is 0 Å². The van der Waals surface area contributed by atoms with Crippen molar-refractivity contribution in [1.29, 1.82) is 0 Å². The number of halogens is 6. The molecule has 0 unspecified atom stereocenters. The van der Waals surface area contributed by atoms with E-state index in [2.05, 4.69) is 8.83 Å². The largest absolute Gasteiger partial charge is 0.417 e. The van der Waals surface area contributed by atoms with Gasteiger partial charge >= 0.3 is 34.9 Å². The Morgan fingerprint density at radius 2 is 0.750 bits per heavy atom. The van der Waals surface area contributed by atoms with Crippen LogP contribution >= 0.6 is 0 Å². The molecule has 0 saturated heterocycles. The maximum atomic E-state index is 13.2.